The maximum absolute atomic E-state index is 11.8. The van der Waals surface area contributed by atoms with Crippen LogP contribution in [0.5, 0.6) is 0 Å². The number of aliphatic hydroxyl groups is 1. The van der Waals surface area contributed by atoms with Gasteiger partial charge in [-0.05, 0) is 12.1 Å². The summed E-state index contributed by atoms with van der Waals surface area (Å²) < 4.78 is 0. The number of aromatic nitrogens is 2. The lowest BCUT2D eigenvalue weighted by atomic mass is 10.3. The van der Waals surface area contributed by atoms with Gasteiger partial charge >= 0.3 is 0 Å². The van der Waals surface area contributed by atoms with Crippen molar-refractivity contribution in [2.24, 2.45) is 0 Å². The third-order valence-corrected chi connectivity index (χ3v) is 2.74. The quantitative estimate of drug-likeness (QED) is 0.793. The van der Waals surface area contributed by atoms with E-state index in [1.807, 2.05) is 0 Å². The molecule has 6 heteroatoms. The average molecular weight is 259 g/mol. The molecule has 0 bridgehead atoms. The number of nitrogens with one attached hydrogen (secondary N) is 1. The highest BCUT2D eigenvalue weighted by Gasteiger charge is 2.08. The summed E-state index contributed by atoms with van der Waals surface area (Å²) in [5.41, 5.74) is 0.329. The molecule has 2 heterocycles. The number of hydrogen-bond acceptors (Lipinski definition) is 5. The average Bonchev–Trinajstić information content (AvgIpc) is 2.85. The smallest absolute Gasteiger partial charge is 0.276 e. The van der Waals surface area contributed by atoms with Crippen molar-refractivity contribution in [3.63, 3.8) is 0 Å². The number of thiazole rings is 1. The van der Waals surface area contributed by atoms with Gasteiger partial charge in [-0.2, -0.15) is 0 Å². The standard InChI is InChI=1S/C12H9N3O2S/c16-7-3-4-9-8-14-12(18-9)15-11(17)10-5-1-2-6-13-10/h1-2,5-6,8,16H,7H2,(H,14,15,17). The van der Waals surface area contributed by atoms with E-state index in [4.69, 9.17) is 5.11 Å². The minimum atomic E-state index is -0.313. The van der Waals surface area contributed by atoms with Gasteiger partial charge in [0.2, 0.25) is 0 Å². The third kappa shape index (κ3) is 3.13. The Morgan fingerprint density at radius 3 is 3.06 bits per heavy atom. The third-order valence-electron chi connectivity index (χ3n) is 1.91. The summed E-state index contributed by atoms with van der Waals surface area (Å²) in [6.45, 7) is -0.201. The van der Waals surface area contributed by atoms with E-state index in [1.165, 1.54) is 11.3 Å². The first-order valence-electron chi connectivity index (χ1n) is 5.07. The predicted octanol–water partition coefficient (Wildman–Crippen LogP) is 1.13. The number of anilines is 1. The van der Waals surface area contributed by atoms with Gasteiger partial charge in [-0.1, -0.05) is 29.2 Å². The zero-order valence-corrected chi connectivity index (χ0v) is 10.1. The number of rotatable bonds is 2. The molecule has 1 amide bonds. The molecule has 0 aliphatic carbocycles. The van der Waals surface area contributed by atoms with E-state index >= 15 is 0 Å². The van der Waals surface area contributed by atoms with Crippen molar-refractivity contribution >= 4 is 22.4 Å². The number of carbonyl (C=O) groups excluding carboxylic acids is 1. The fourth-order valence-corrected chi connectivity index (χ4v) is 1.86. The number of hydrogen-bond donors (Lipinski definition) is 2. The van der Waals surface area contributed by atoms with Crippen LogP contribution in [0.1, 0.15) is 15.4 Å². The highest BCUT2D eigenvalue weighted by Crippen LogP contribution is 2.17. The number of nitrogens with zero attached hydrogens (tertiary/aromatic N) is 2. The number of amides is 1. The minimum Gasteiger partial charge on any atom is -0.384 e. The Morgan fingerprint density at radius 1 is 1.44 bits per heavy atom. The molecule has 2 aromatic rings. The molecule has 90 valence electrons. The van der Waals surface area contributed by atoms with Crippen LogP contribution in [0, 0.1) is 11.8 Å². The Bertz CT molecular complexity index is 599. The zero-order chi connectivity index (χ0) is 12.8. The molecule has 0 atom stereocenters. The van der Waals surface area contributed by atoms with Crippen molar-refractivity contribution in [1.29, 1.82) is 0 Å². The van der Waals surface area contributed by atoms with Gasteiger partial charge in [0.25, 0.3) is 5.91 Å². The molecule has 0 radical (unpaired) electrons. The van der Waals surface area contributed by atoms with Gasteiger partial charge in [-0.15, -0.1) is 0 Å². The molecule has 2 N–H and O–H groups in total. The summed E-state index contributed by atoms with van der Waals surface area (Å²) in [4.78, 5) is 20.4. The molecule has 0 aromatic carbocycles. The second kappa shape index (κ2) is 5.91. The van der Waals surface area contributed by atoms with Gasteiger partial charge in [-0.3, -0.25) is 15.1 Å². The summed E-state index contributed by atoms with van der Waals surface area (Å²) in [5.74, 6) is 4.92. The van der Waals surface area contributed by atoms with Crippen LogP contribution in [0.2, 0.25) is 0 Å². The SMILES string of the molecule is O=C(Nc1ncc(C#CCO)s1)c1ccccn1. The van der Waals surface area contributed by atoms with Crippen LogP contribution in [0.15, 0.2) is 30.6 Å². The van der Waals surface area contributed by atoms with Crippen molar-refractivity contribution < 1.29 is 9.90 Å². The summed E-state index contributed by atoms with van der Waals surface area (Å²) in [5, 5.41) is 11.6. The maximum atomic E-state index is 11.8. The molecule has 2 aromatic heterocycles. The van der Waals surface area contributed by atoms with Crippen molar-refractivity contribution in [3.8, 4) is 11.8 Å². The Hall–Kier alpha value is -2.23. The Balaban J connectivity index is 2.06. The summed E-state index contributed by atoms with van der Waals surface area (Å²) >= 11 is 1.24. The first kappa shape index (κ1) is 12.2. The van der Waals surface area contributed by atoms with E-state index < -0.39 is 0 Å². The summed E-state index contributed by atoms with van der Waals surface area (Å²) in [6, 6.07) is 5.10. The summed E-state index contributed by atoms with van der Waals surface area (Å²) in [6.07, 6.45) is 3.09. The van der Waals surface area contributed by atoms with Crippen LogP contribution in [-0.4, -0.2) is 27.6 Å². The van der Waals surface area contributed by atoms with E-state index in [2.05, 4.69) is 27.1 Å². The molecule has 0 unspecified atom stereocenters. The van der Waals surface area contributed by atoms with E-state index in [-0.39, 0.29) is 12.5 Å². The second-order valence-corrected chi connectivity index (χ2v) is 4.19. The molecule has 0 aliphatic rings. The largest absolute Gasteiger partial charge is 0.384 e. The first-order chi connectivity index (χ1) is 8.79. The fourth-order valence-electron chi connectivity index (χ4n) is 1.17. The van der Waals surface area contributed by atoms with Crippen LogP contribution in [0.3, 0.4) is 0 Å². The van der Waals surface area contributed by atoms with Crippen LogP contribution in [0.4, 0.5) is 5.13 Å². The molecule has 0 aliphatic heterocycles. The van der Waals surface area contributed by atoms with Crippen molar-refractivity contribution in [2.45, 2.75) is 0 Å². The molecule has 2 rings (SSSR count). The Kier molecular flexibility index (Phi) is 4.02. The van der Waals surface area contributed by atoms with Gasteiger partial charge in [0, 0.05) is 6.20 Å². The van der Waals surface area contributed by atoms with Gasteiger partial charge in [0.05, 0.1) is 11.1 Å². The van der Waals surface area contributed by atoms with E-state index in [9.17, 15) is 4.79 Å². The van der Waals surface area contributed by atoms with Crippen molar-refractivity contribution in [1.82, 2.24) is 9.97 Å². The molecule has 0 saturated carbocycles. The first-order valence-corrected chi connectivity index (χ1v) is 5.89. The highest BCUT2D eigenvalue weighted by atomic mass is 32.1. The zero-order valence-electron chi connectivity index (χ0n) is 9.25. The second-order valence-electron chi connectivity index (χ2n) is 3.16. The van der Waals surface area contributed by atoms with E-state index in [0.29, 0.717) is 15.7 Å². The normalized spacial score (nSPS) is 9.39. The highest BCUT2D eigenvalue weighted by molar-refractivity contribution is 7.16. The van der Waals surface area contributed by atoms with Gasteiger partial charge < -0.3 is 5.11 Å². The van der Waals surface area contributed by atoms with Gasteiger partial charge in [-0.25, -0.2) is 4.98 Å². The molecule has 5 nitrogen and oxygen atoms in total. The minimum absolute atomic E-state index is 0.201. The van der Waals surface area contributed by atoms with E-state index in [1.54, 1.807) is 30.6 Å². The molecule has 18 heavy (non-hydrogen) atoms. The number of carbonyl (C=O) groups is 1. The maximum Gasteiger partial charge on any atom is 0.276 e. The van der Waals surface area contributed by atoms with Gasteiger partial charge in [0.1, 0.15) is 12.3 Å². The van der Waals surface area contributed by atoms with Crippen LogP contribution >= 0.6 is 11.3 Å². The Labute approximate surface area is 108 Å². The monoisotopic (exact) mass is 259 g/mol. The fraction of sp³-hybridized carbons (Fsp3) is 0.0833. The van der Waals surface area contributed by atoms with E-state index in [0.717, 1.165) is 0 Å². The lowest BCUT2D eigenvalue weighted by Gasteiger charge is -1.99. The lowest BCUT2D eigenvalue weighted by molar-refractivity contribution is 0.102. The molecular formula is C12H9N3O2S. The summed E-state index contributed by atoms with van der Waals surface area (Å²) in [7, 11) is 0. The lowest BCUT2D eigenvalue weighted by Crippen LogP contribution is -2.12. The van der Waals surface area contributed by atoms with Crippen LogP contribution in [0.25, 0.3) is 0 Å². The molecule has 0 saturated heterocycles. The predicted molar refractivity (Wildman–Crippen MR) is 68.3 cm³/mol. The Morgan fingerprint density at radius 2 is 2.33 bits per heavy atom. The molecule has 0 fully saturated rings. The van der Waals surface area contributed by atoms with Crippen LogP contribution < -0.4 is 5.32 Å². The van der Waals surface area contributed by atoms with Gasteiger partial charge in [0.15, 0.2) is 5.13 Å². The van der Waals surface area contributed by atoms with Crippen molar-refractivity contribution in [2.75, 3.05) is 11.9 Å². The van der Waals surface area contributed by atoms with Crippen molar-refractivity contribution in [3.05, 3.63) is 41.2 Å². The topological polar surface area (TPSA) is 75.1 Å². The van der Waals surface area contributed by atoms with Crippen LogP contribution in [-0.2, 0) is 0 Å². The number of pyridine rings is 1. The molecule has 0 spiro atoms. The number of aliphatic hydroxyl groups excluding tert-OH is 1. The molecular weight excluding hydrogens is 250 g/mol.